The number of nitrogens with two attached hydrogens (primary N) is 1. The zero-order valence-electron chi connectivity index (χ0n) is 15.0. The Labute approximate surface area is 149 Å². The van der Waals surface area contributed by atoms with Crippen LogP contribution in [0.4, 0.5) is 0 Å². The number of hydrogen-bond donors (Lipinski definition) is 3. The molecular weight excluding hydrogens is 342 g/mol. The van der Waals surface area contributed by atoms with Gasteiger partial charge < -0.3 is 15.0 Å². The molecule has 1 amide bonds. The average molecular weight is 370 g/mol. The largest absolute Gasteiger partial charge is 0.364 e. The molecule has 2 rings (SSSR count). The second-order valence-electron chi connectivity index (χ2n) is 6.78. The molecule has 1 unspecified atom stereocenters. The molecule has 7 nitrogen and oxygen atoms in total. The van der Waals surface area contributed by atoms with E-state index in [0.717, 1.165) is 18.7 Å². The van der Waals surface area contributed by atoms with E-state index in [9.17, 15) is 13.2 Å². The van der Waals surface area contributed by atoms with Gasteiger partial charge in [-0.2, -0.15) is 0 Å². The van der Waals surface area contributed by atoms with Gasteiger partial charge >= 0.3 is 0 Å². The summed E-state index contributed by atoms with van der Waals surface area (Å²) in [6.45, 7) is 8.17. The Morgan fingerprint density at radius 3 is 2.36 bits per heavy atom. The average Bonchev–Trinajstić information content (AvgIpc) is 2.52. The van der Waals surface area contributed by atoms with Gasteiger partial charge in [0.25, 0.3) is 5.91 Å². The highest BCUT2D eigenvalue weighted by molar-refractivity contribution is 7.89. The summed E-state index contributed by atoms with van der Waals surface area (Å²) in [5.74, 6) is 0.0254. The van der Waals surface area contributed by atoms with E-state index < -0.39 is 10.0 Å². The molecule has 1 aliphatic rings. The molecule has 0 spiro atoms. The first kappa shape index (κ1) is 19.8. The minimum absolute atomic E-state index is 0.0254. The molecule has 1 heterocycles. The molecule has 0 bridgehead atoms. The number of amides is 1. The molecule has 25 heavy (non-hydrogen) atoms. The maximum absolute atomic E-state index is 12.4. The molecule has 1 fully saturated rings. The van der Waals surface area contributed by atoms with E-state index in [2.05, 4.69) is 5.32 Å². The molecule has 0 radical (unpaired) electrons. The van der Waals surface area contributed by atoms with Crippen LogP contribution >= 0.6 is 0 Å². The standard InChI is InChI=1S/C17H27N3O4S/c1-12-10-20(11-13(2)24-12)14(3)17(21)19-9-8-15-4-6-16(7-5-15)25(18,22)23/h4-7,12-14H,8-11H2,1-3H3,(H,19,21)(H2,18,22,23)/p+1/t12-,13+,14-/m0/s1. The molecule has 0 aliphatic carbocycles. The number of rotatable bonds is 6. The van der Waals surface area contributed by atoms with Crippen LogP contribution in [0.2, 0.25) is 0 Å². The highest BCUT2D eigenvalue weighted by Gasteiger charge is 2.32. The lowest BCUT2D eigenvalue weighted by Crippen LogP contribution is -3.19. The van der Waals surface area contributed by atoms with Gasteiger partial charge in [0.1, 0.15) is 25.3 Å². The Hall–Kier alpha value is -1.48. The Kier molecular flexibility index (Phi) is 6.56. The van der Waals surface area contributed by atoms with Crippen molar-refractivity contribution in [2.24, 2.45) is 5.14 Å². The van der Waals surface area contributed by atoms with E-state index in [1.54, 1.807) is 12.1 Å². The van der Waals surface area contributed by atoms with E-state index in [1.807, 2.05) is 20.8 Å². The van der Waals surface area contributed by atoms with Crippen LogP contribution in [-0.4, -0.2) is 52.2 Å². The normalized spacial score (nSPS) is 25.4. The first-order chi connectivity index (χ1) is 11.7. The lowest BCUT2D eigenvalue weighted by molar-refractivity contribution is -0.928. The van der Waals surface area contributed by atoms with Crippen molar-refractivity contribution in [3.63, 3.8) is 0 Å². The number of carbonyl (C=O) groups excluding carboxylic acids is 1. The summed E-state index contributed by atoms with van der Waals surface area (Å²) in [4.78, 5) is 13.7. The van der Waals surface area contributed by atoms with Crippen LogP contribution in [0.25, 0.3) is 0 Å². The van der Waals surface area contributed by atoms with Crippen molar-refractivity contribution in [1.29, 1.82) is 0 Å². The highest BCUT2D eigenvalue weighted by Crippen LogP contribution is 2.08. The van der Waals surface area contributed by atoms with E-state index in [4.69, 9.17) is 9.88 Å². The summed E-state index contributed by atoms with van der Waals surface area (Å²) in [6, 6.07) is 6.27. The number of morpholine rings is 1. The van der Waals surface area contributed by atoms with Gasteiger partial charge in [-0.05, 0) is 44.9 Å². The number of carbonyl (C=O) groups is 1. The number of hydrogen-bond acceptors (Lipinski definition) is 4. The number of nitrogens with one attached hydrogen (secondary N) is 2. The fourth-order valence-corrected chi connectivity index (χ4v) is 3.70. The summed E-state index contributed by atoms with van der Waals surface area (Å²) >= 11 is 0. The third-order valence-electron chi connectivity index (χ3n) is 4.53. The number of ether oxygens (including phenoxy) is 1. The Morgan fingerprint density at radius 2 is 1.84 bits per heavy atom. The molecule has 1 saturated heterocycles. The molecule has 1 aliphatic heterocycles. The zero-order chi connectivity index (χ0) is 18.6. The fourth-order valence-electron chi connectivity index (χ4n) is 3.18. The third-order valence-corrected chi connectivity index (χ3v) is 5.46. The number of quaternary nitrogens is 1. The van der Waals surface area contributed by atoms with Gasteiger partial charge in [-0.15, -0.1) is 0 Å². The minimum atomic E-state index is -3.67. The number of primary sulfonamides is 1. The summed E-state index contributed by atoms with van der Waals surface area (Å²) in [6.07, 6.45) is 0.951. The minimum Gasteiger partial charge on any atom is -0.364 e. The van der Waals surface area contributed by atoms with Crippen molar-refractivity contribution in [2.75, 3.05) is 19.6 Å². The van der Waals surface area contributed by atoms with E-state index in [-0.39, 0.29) is 29.1 Å². The molecule has 0 aromatic heterocycles. The Bertz CT molecular complexity index is 680. The van der Waals surface area contributed by atoms with Gasteiger partial charge in [-0.1, -0.05) is 12.1 Å². The Balaban J connectivity index is 1.81. The van der Waals surface area contributed by atoms with Gasteiger partial charge in [-0.25, -0.2) is 13.6 Å². The van der Waals surface area contributed by atoms with Gasteiger partial charge in [0.15, 0.2) is 6.04 Å². The number of sulfonamides is 1. The zero-order valence-corrected chi connectivity index (χ0v) is 15.8. The first-order valence-electron chi connectivity index (χ1n) is 8.56. The lowest BCUT2D eigenvalue weighted by atomic mass is 10.1. The summed E-state index contributed by atoms with van der Waals surface area (Å²) < 4.78 is 28.2. The molecule has 4 N–H and O–H groups in total. The van der Waals surface area contributed by atoms with E-state index in [1.165, 1.54) is 17.0 Å². The second kappa shape index (κ2) is 8.27. The maximum Gasteiger partial charge on any atom is 0.278 e. The molecule has 140 valence electrons. The van der Waals surface area contributed by atoms with Crippen molar-refractivity contribution in [3.8, 4) is 0 Å². The quantitative estimate of drug-likeness (QED) is 0.602. The first-order valence-corrected chi connectivity index (χ1v) is 10.1. The van der Waals surface area contributed by atoms with E-state index >= 15 is 0 Å². The van der Waals surface area contributed by atoms with E-state index in [0.29, 0.717) is 13.0 Å². The van der Waals surface area contributed by atoms with Crippen LogP contribution < -0.4 is 15.4 Å². The van der Waals surface area contributed by atoms with Crippen LogP contribution in [0, 0.1) is 0 Å². The lowest BCUT2D eigenvalue weighted by Gasteiger charge is -2.35. The van der Waals surface area contributed by atoms with Gasteiger partial charge in [0, 0.05) is 6.54 Å². The van der Waals surface area contributed by atoms with Crippen molar-refractivity contribution >= 4 is 15.9 Å². The highest BCUT2D eigenvalue weighted by atomic mass is 32.2. The summed E-state index contributed by atoms with van der Waals surface area (Å²) in [5, 5.41) is 8.03. The summed E-state index contributed by atoms with van der Waals surface area (Å²) in [7, 11) is -3.67. The van der Waals surface area contributed by atoms with Crippen LogP contribution in [-0.2, 0) is 26.0 Å². The second-order valence-corrected chi connectivity index (χ2v) is 8.34. The van der Waals surface area contributed by atoms with Crippen molar-refractivity contribution < 1.29 is 22.8 Å². The smallest absolute Gasteiger partial charge is 0.278 e. The molecule has 1 aromatic carbocycles. The van der Waals surface area contributed by atoms with Gasteiger partial charge in [0.2, 0.25) is 10.0 Å². The SMILES string of the molecule is C[C@@H]1C[NH+]([C@@H](C)C(=O)NCCc2ccc(S(N)(=O)=O)cc2)C[C@H](C)O1. The number of benzene rings is 1. The van der Waals surface area contributed by atoms with Crippen molar-refractivity contribution in [2.45, 2.75) is 50.3 Å². The molecule has 8 heteroatoms. The third kappa shape index (κ3) is 5.78. The fraction of sp³-hybridized carbons (Fsp3) is 0.588. The van der Waals surface area contributed by atoms with Gasteiger partial charge in [-0.3, -0.25) is 4.79 Å². The van der Waals surface area contributed by atoms with Crippen LogP contribution in [0.1, 0.15) is 26.3 Å². The van der Waals surface area contributed by atoms with Crippen molar-refractivity contribution in [1.82, 2.24) is 5.32 Å². The summed E-state index contributed by atoms with van der Waals surface area (Å²) in [5.41, 5.74) is 0.946. The van der Waals surface area contributed by atoms with Crippen molar-refractivity contribution in [3.05, 3.63) is 29.8 Å². The predicted molar refractivity (Wildman–Crippen MR) is 94.7 cm³/mol. The van der Waals surface area contributed by atoms with Gasteiger partial charge in [0.05, 0.1) is 4.90 Å². The molecule has 0 saturated carbocycles. The van der Waals surface area contributed by atoms with Crippen LogP contribution in [0.15, 0.2) is 29.2 Å². The van der Waals surface area contributed by atoms with Crippen LogP contribution in [0.3, 0.4) is 0 Å². The molecule has 4 atom stereocenters. The topological polar surface area (TPSA) is 103 Å². The molecular formula is C17H28N3O4S+. The maximum atomic E-state index is 12.4. The molecule has 1 aromatic rings. The monoisotopic (exact) mass is 370 g/mol. The Morgan fingerprint density at radius 1 is 1.28 bits per heavy atom. The van der Waals surface area contributed by atoms with Crippen LogP contribution in [0.5, 0.6) is 0 Å². The predicted octanol–water partition coefficient (Wildman–Crippen LogP) is -0.927.